The third-order valence-corrected chi connectivity index (χ3v) is 5.43. The van der Waals surface area contributed by atoms with Crippen molar-refractivity contribution in [3.8, 4) is 0 Å². The molecule has 2 aliphatic rings. The van der Waals surface area contributed by atoms with Crippen LogP contribution in [0.5, 0.6) is 0 Å². The summed E-state index contributed by atoms with van der Waals surface area (Å²) in [7, 11) is 0. The SMILES string of the molecule is CCCN1CC(CO)CC2c3cccc4[nH]cc(c34)C[C@H]21. The number of nitrogens with one attached hydrogen (secondary N) is 1. The van der Waals surface area contributed by atoms with Gasteiger partial charge < -0.3 is 10.1 Å². The Morgan fingerprint density at radius 1 is 1.38 bits per heavy atom. The summed E-state index contributed by atoms with van der Waals surface area (Å²) < 4.78 is 0. The molecule has 0 radical (unpaired) electrons. The third-order valence-electron chi connectivity index (χ3n) is 5.43. The molecular weight excluding hydrogens is 260 g/mol. The molecule has 1 saturated heterocycles. The molecule has 2 N–H and O–H groups in total. The number of aromatic nitrogens is 1. The number of aliphatic hydroxyl groups excluding tert-OH is 1. The lowest BCUT2D eigenvalue weighted by Crippen LogP contribution is -2.50. The molecule has 2 aromatic rings. The molecule has 1 aliphatic carbocycles. The van der Waals surface area contributed by atoms with Gasteiger partial charge in [0.05, 0.1) is 0 Å². The lowest BCUT2D eigenvalue weighted by atomic mass is 9.72. The maximum atomic E-state index is 9.68. The van der Waals surface area contributed by atoms with Crippen LogP contribution in [0.25, 0.3) is 10.9 Å². The maximum Gasteiger partial charge on any atom is 0.0471 e. The van der Waals surface area contributed by atoms with E-state index in [4.69, 9.17) is 0 Å². The lowest BCUT2D eigenvalue weighted by Gasteiger charge is -2.47. The third kappa shape index (κ3) is 2.02. The van der Waals surface area contributed by atoms with Crippen LogP contribution in [-0.2, 0) is 6.42 Å². The van der Waals surface area contributed by atoms with Crippen LogP contribution in [0, 0.1) is 5.92 Å². The Kier molecular flexibility index (Phi) is 3.27. The van der Waals surface area contributed by atoms with Crippen LogP contribution in [-0.4, -0.2) is 40.7 Å². The molecule has 21 heavy (non-hydrogen) atoms. The van der Waals surface area contributed by atoms with Gasteiger partial charge in [-0.2, -0.15) is 0 Å². The van der Waals surface area contributed by atoms with Gasteiger partial charge in [0.2, 0.25) is 0 Å². The molecule has 0 amide bonds. The Balaban J connectivity index is 1.79. The highest BCUT2D eigenvalue weighted by molar-refractivity contribution is 5.88. The van der Waals surface area contributed by atoms with Gasteiger partial charge in [-0.1, -0.05) is 19.1 Å². The number of benzene rings is 1. The molecule has 1 aromatic carbocycles. The van der Waals surface area contributed by atoms with Crippen molar-refractivity contribution in [2.75, 3.05) is 19.7 Å². The molecule has 1 aliphatic heterocycles. The average Bonchev–Trinajstić information content (AvgIpc) is 2.93. The highest BCUT2D eigenvalue weighted by Gasteiger charge is 2.40. The summed E-state index contributed by atoms with van der Waals surface area (Å²) in [5.41, 5.74) is 4.25. The van der Waals surface area contributed by atoms with Crippen LogP contribution < -0.4 is 0 Å². The fraction of sp³-hybridized carbons (Fsp3) is 0.556. The van der Waals surface area contributed by atoms with Crippen molar-refractivity contribution in [2.45, 2.75) is 38.1 Å². The minimum atomic E-state index is 0.319. The summed E-state index contributed by atoms with van der Waals surface area (Å²) in [5.74, 6) is 1.00. The second-order valence-electron chi connectivity index (χ2n) is 6.74. The number of rotatable bonds is 3. The van der Waals surface area contributed by atoms with Crippen LogP contribution in [0.2, 0.25) is 0 Å². The molecule has 1 fully saturated rings. The monoisotopic (exact) mass is 284 g/mol. The first-order chi connectivity index (χ1) is 10.3. The minimum absolute atomic E-state index is 0.319. The van der Waals surface area contributed by atoms with Crippen molar-refractivity contribution in [2.24, 2.45) is 5.92 Å². The summed E-state index contributed by atoms with van der Waals surface area (Å²) >= 11 is 0. The molecule has 4 rings (SSSR count). The molecule has 2 heterocycles. The van der Waals surface area contributed by atoms with Crippen molar-refractivity contribution in [1.29, 1.82) is 0 Å². The van der Waals surface area contributed by atoms with Gasteiger partial charge in [-0.05, 0) is 48.9 Å². The quantitative estimate of drug-likeness (QED) is 0.909. The van der Waals surface area contributed by atoms with Crippen LogP contribution in [0.1, 0.15) is 36.8 Å². The Labute approximate surface area is 126 Å². The Morgan fingerprint density at radius 3 is 3.10 bits per heavy atom. The van der Waals surface area contributed by atoms with Gasteiger partial charge in [-0.3, -0.25) is 4.90 Å². The fourth-order valence-electron chi connectivity index (χ4n) is 4.58. The molecule has 112 valence electrons. The van der Waals surface area contributed by atoms with Gasteiger partial charge >= 0.3 is 0 Å². The maximum absolute atomic E-state index is 9.68. The summed E-state index contributed by atoms with van der Waals surface area (Å²) in [4.78, 5) is 6.06. The summed E-state index contributed by atoms with van der Waals surface area (Å²) in [5, 5.41) is 11.1. The summed E-state index contributed by atoms with van der Waals surface area (Å²) in [6.07, 6.45) is 5.67. The number of aliphatic hydroxyl groups is 1. The highest BCUT2D eigenvalue weighted by atomic mass is 16.3. The van der Waals surface area contributed by atoms with E-state index in [9.17, 15) is 5.11 Å². The zero-order valence-electron chi connectivity index (χ0n) is 12.7. The number of hydrogen-bond acceptors (Lipinski definition) is 2. The molecule has 3 heteroatoms. The van der Waals surface area contributed by atoms with Crippen LogP contribution in [0.15, 0.2) is 24.4 Å². The smallest absolute Gasteiger partial charge is 0.0471 e. The predicted molar refractivity (Wildman–Crippen MR) is 85.6 cm³/mol. The molecular formula is C18H24N2O. The number of likely N-dealkylation sites (tertiary alicyclic amines) is 1. The highest BCUT2D eigenvalue weighted by Crippen LogP contribution is 2.44. The fourth-order valence-corrected chi connectivity index (χ4v) is 4.58. The number of H-pyrrole nitrogens is 1. The van der Waals surface area contributed by atoms with Gasteiger partial charge in [0, 0.05) is 42.2 Å². The average molecular weight is 284 g/mol. The number of aromatic amines is 1. The van der Waals surface area contributed by atoms with Crippen molar-refractivity contribution in [1.82, 2.24) is 9.88 Å². The van der Waals surface area contributed by atoms with E-state index < -0.39 is 0 Å². The van der Waals surface area contributed by atoms with E-state index in [1.807, 2.05) is 0 Å². The van der Waals surface area contributed by atoms with Gasteiger partial charge in [-0.25, -0.2) is 0 Å². The molecule has 2 unspecified atom stereocenters. The topological polar surface area (TPSA) is 39.3 Å². The second-order valence-corrected chi connectivity index (χ2v) is 6.74. The van der Waals surface area contributed by atoms with Crippen LogP contribution in [0.3, 0.4) is 0 Å². The van der Waals surface area contributed by atoms with E-state index in [1.54, 1.807) is 0 Å². The number of fused-ring (bicyclic) bond motifs is 2. The standard InChI is InChI=1S/C18H24N2O/c1-2-6-20-10-12(11-21)7-15-14-4-3-5-16-18(14)13(9-19-16)8-17(15)20/h3-5,9,12,15,17,19,21H,2,6-8,10-11H2,1H3/t12?,15?,17-/m1/s1. The van der Waals surface area contributed by atoms with Gasteiger partial charge in [0.15, 0.2) is 0 Å². The first-order valence-electron chi connectivity index (χ1n) is 8.25. The van der Waals surface area contributed by atoms with E-state index in [1.165, 1.54) is 28.5 Å². The largest absolute Gasteiger partial charge is 0.396 e. The molecule has 3 atom stereocenters. The van der Waals surface area contributed by atoms with Crippen LogP contribution in [0.4, 0.5) is 0 Å². The molecule has 3 nitrogen and oxygen atoms in total. The first kappa shape index (κ1) is 13.4. The number of piperidine rings is 1. The van der Waals surface area contributed by atoms with E-state index >= 15 is 0 Å². The van der Waals surface area contributed by atoms with Gasteiger partial charge in [0.1, 0.15) is 0 Å². The Hall–Kier alpha value is -1.32. The van der Waals surface area contributed by atoms with E-state index in [0.29, 0.717) is 24.5 Å². The zero-order chi connectivity index (χ0) is 14.4. The van der Waals surface area contributed by atoms with Crippen LogP contribution >= 0.6 is 0 Å². The Morgan fingerprint density at radius 2 is 2.29 bits per heavy atom. The van der Waals surface area contributed by atoms with Crippen molar-refractivity contribution >= 4 is 10.9 Å². The molecule has 0 spiro atoms. The number of hydrogen-bond donors (Lipinski definition) is 2. The molecule has 0 saturated carbocycles. The minimum Gasteiger partial charge on any atom is -0.396 e. The zero-order valence-corrected chi connectivity index (χ0v) is 12.7. The van der Waals surface area contributed by atoms with Gasteiger partial charge in [-0.15, -0.1) is 0 Å². The van der Waals surface area contributed by atoms with E-state index in [-0.39, 0.29) is 0 Å². The molecule has 0 bridgehead atoms. The lowest BCUT2D eigenvalue weighted by molar-refractivity contribution is 0.0572. The van der Waals surface area contributed by atoms with Crippen molar-refractivity contribution < 1.29 is 5.11 Å². The van der Waals surface area contributed by atoms with Gasteiger partial charge in [0.25, 0.3) is 0 Å². The predicted octanol–water partition coefficient (Wildman–Crippen LogP) is 2.90. The summed E-state index contributed by atoms with van der Waals surface area (Å²) in [6.45, 7) is 4.77. The summed E-state index contributed by atoms with van der Waals surface area (Å²) in [6, 6.07) is 7.27. The first-order valence-corrected chi connectivity index (χ1v) is 8.25. The van der Waals surface area contributed by atoms with E-state index in [0.717, 1.165) is 25.9 Å². The van der Waals surface area contributed by atoms with Crippen molar-refractivity contribution in [3.63, 3.8) is 0 Å². The number of nitrogens with zero attached hydrogens (tertiary/aromatic N) is 1. The Bertz CT molecular complexity index is 648. The van der Waals surface area contributed by atoms with Crippen molar-refractivity contribution in [3.05, 3.63) is 35.5 Å². The normalized spacial score (nSPS) is 28.8. The van der Waals surface area contributed by atoms with E-state index in [2.05, 4.69) is 41.2 Å². The second kappa shape index (κ2) is 5.15. The molecule has 1 aromatic heterocycles.